The third kappa shape index (κ3) is 4.02. The summed E-state index contributed by atoms with van der Waals surface area (Å²) in [7, 11) is 0. The molecule has 2 atom stereocenters. The topological polar surface area (TPSA) is 25.2 Å². The molecule has 6 aromatic rings. The van der Waals surface area contributed by atoms with E-state index in [9.17, 15) is 0 Å². The van der Waals surface area contributed by atoms with Crippen molar-refractivity contribution in [3.05, 3.63) is 174 Å². The molecule has 0 aliphatic heterocycles. The van der Waals surface area contributed by atoms with Crippen LogP contribution in [-0.2, 0) is 0 Å². The van der Waals surface area contributed by atoms with Gasteiger partial charge < -0.3 is 9.73 Å². The SMILES string of the molecule is C1=CC2=C(CC1)c1ccccc1C1C=C(Nc3ccc(-c4ccc(-c5ccccc5)cc4)cc3)c3c(oc4ccccc34)C21. The molecule has 2 unspecified atom stereocenters. The van der Waals surface area contributed by atoms with Gasteiger partial charge in [-0.3, -0.25) is 0 Å². The van der Waals surface area contributed by atoms with Gasteiger partial charge in [0.2, 0.25) is 0 Å². The highest BCUT2D eigenvalue weighted by Gasteiger charge is 2.42. The largest absolute Gasteiger partial charge is 0.460 e. The van der Waals surface area contributed by atoms with Crippen LogP contribution in [0, 0.1) is 0 Å². The van der Waals surface area contributed by atoms with Gasteiger partial charge in [-0.1, -0.05) is 127 Å². The van der Waals surface area contributed by atoms with E-state index in [1.54, 1.807) is 0 Å². The van der Waals surface area contributed by atoms with Crippen LogP contribution in [0.5, 0.6) is 0 Å². The summed E-state index contributed by atoms with van der Waals surface area (Å²) in [5.41, 5.74) is 14.9. The lowest BCUT2D eigenvalue weighted by Crippen LogP contribution is -2.24. The van der Waals surface area contributed by atoms with E-state index < -0.39 is 0 Å². The van der Waals surface area contributed by atoms with Gasteiger partial charge in [-0.25, -0.2) is 0 Å². The van der Waals surface area contributed by atoms with Crippen LogP contribution in [0.4, 0.5) is 5.69 Å². The molecule has 0 spiro atoms. The molecule has 0 radical (unpaired) electrons. The molecule has 0 fully saturated rings. The van der Waals surface area contributed by atoms with Crippen LogP contribution >= 0.6 is 0 Å². The predicted octanol–water partition coefficient (Wildman–Crippen LogP) is 11.2. The van der Waals surface area contributed by atoms with Crippen LogP contribution in [0.1, 0.15) is 47.1 Å². The van der Waals surface area contributed by atoms with Gasteiger partial charge >= 0.3 is 0 Å². The standard InChI is InChI=1S/C42H31NO/c1-2-10-27(11-3-1)28-18-20-29(21-19-28)30-22-24-31(25-23-30)43-38-26-37-34-14-5-4-12-32(34)33-13-6-7-15-35(33)40(37)42-41(38)36-16-8-9-17-39(36)44-42/h1-5,7-12,14-26,37,40,43H,6,13H2. The van der Waals surface area contributed by atoms with E-state index >= 15 is 0 Å². The molecule has 5 aromatic carbocycles. The van der Waals surface area contributed by atoms with Crippen molar-refractivity contribution in [2.45, 2.75) is 24.7 Å². The number of benzene rings is 5. The lowest BCUT2D eigenvalue weighted by atomic mass is 9.65. The Morgan fingerprint density at radius 2 is 1.30 bits per heavy atom. The van der Waals surface area contributed by atoms with Gasteiger partial charge in [0.1, 0.15) is 11.3 Å². The van der Waals surface area contributed by atoms with Gasteiger partial charge in [0, 0.05) is 28.3 Å². The molecule has 3 aliphatic carbocycles. The molecule has 0 bridgehead atoms. The summed E-state index contributed by atoms with van der Waals surface area (Å²) < 4.78 is 6.76. The molecule has 9 rings (SSSR count). The number of nitrogens with one attached hydrogen (secondary N) is 1. The first-order valence-electron chi connectivity index (χ1n) is 15.6. The normalized spacial score (nSPS) is 18.2. The van der Waals surface area contributed by atoms with Crippen LogP contribution in [0.25, 0.3) is 44.5 Å². The highest BCUT2D eigenvalue weighted by molar-refractivity contribution is 5.98. The molecule has 3 aliphatic rings. The molecular weight excluding hydrogens is 534 g/mol. The van der Waals surface area contributed by atoms with Crippen molar-refractivity contribution in [2.75, 3.05) is 5.32 Å². The number of fused-ring (bicyclic) bond motifs is 9. The average molecular weight is 566 g/mol. The summed E-state index contributed by atoms with van der Waals surface area (Å²) >= 11 is 0. The van der Waals surface area contributed by atoms with Crippen molar-refractivity contribution in [2.24, 2.45) is 0 Å². The van der Waals surface area contributed by atoms with E-state index in [1.807, 2.05) is 0 Å². The van der Waals surface area contributed by atoms with E-state index in [0.717, 1.165) is 41.0 Å². The summed E-state index contributed by atoms with van der Waals surface area (Å²) in [4.78, 5) is 0. The molecule has 2 nitrogen and oxygen atoms in total. The molecule has 0 saturated heterocycles. The minimum absolute atomic E-state index is 0.172. The fourth-order valence-electron chi connectivity index (χ4n) is 7.51. The molecule has 210 valence electrons. The number of hydrogen-bond acceptors (Lipinski definition) is 2. The van der Waals surface area contributed by atoms with Crippen LogP contribution in [0.2, 0.25) is 0 Å². The molecular formula is C42H31NO. The second-order valence-corrected chi connectivity index (χ2v) is 12.0. The molecule has 2 heteroatoms. The summed E-state index contributed by atoms with van der Waals surface area (Å²) in [5, 5.41) is 4.99. The molecule has 1 aromatic heterocycles. The Hall–Kier alpha value is -5.34. The van der Waals surface area contributed by atoms with Crippen molar-refractivity contribution in [3.63, 3.8) is 0 Å². The van der Waals surface area contributed by atoms with Crippen molar-refractivity contribution < 1.29 is 4.42 Å². The Balaban J connectivity index is 1.10. The fourth-order valence-corrected chi connectivity index (χ4v) is 7.51. The van der Waals surface area contributed by atoms with Crippen molar-refractivity contribution >= 4 is 27.9 Å². The van der Waals surface area contributed by atoms with E-state index in [0.29, 0.717) is 0 Å². The minimum Gasteiger partial charge on any atom is -0.460 e. The van der Waals surface area contributed by atoms with Gasteiger partial charge in [0.25, 0.3) is 0 Å². The van der Waals surface area contributed by atoms with Crippen molar-refractivity contribution in [1.82, 2.24) is 0 Å². The maximum Gasteiger partial charge on any atom is 0.135 e. The molecule has 1 N–H and O–H groups in total. The van der Waals surface area contributed by atoms with E-state index in [4.69, 9.17) is 4.42 Å². The Bertz CT molecular complexity index is 2120. The monoisotopic (exact) mass is 565 g/mol. The van der Waals surface area contributed by atoms with Crippen LogP contribution in [0.15, 0.2) is 156 Å². The smallest absolute Gasteiger partial charge is 0.135 e. The van der Waals surface area contributed by atoms with Gasteiger partial charge in [-0.05, 0) is 75.6 Å². The first-order valence-corrected chi connectivity index (χ1v) is 15.6. The van der Waals surface area contributed by atoms with Crippen molar-refractivity contribution in [3.8, 4) is 22.3 Å². The van der Waals surface area contributed by atoms with E-state index in [1.165, 1.54) is 50.1 Å². The van der Waals surface area contributed by atoms with Crippen LogP contribution in [-0.4, -0.2) is 0 Å². The maximum atomic E-state index is 6.76. The predicted molar refractivity (Wildman–Crippen MR) is 182 cm³/mol. The molecule has 0 amide bonds. The zero-order valence-corrected chi connectivity index (χ0v) is 24.3. The summed E-state index contributed by atoms with van der Waals surface area (Å²) in [6, 6.07) is 45.6. The Morgan fingerprint density at radius 1 is 0.636 bits per heavy atom. The third-order valence-corrected chi connectivity index (χ3v) is 9.56. The minimum atomic E-state index is 0.172. The molecule has 1 heterocycles. The quantitative estimate of drug-likeness (QED) is 0.230. The second kappa shape index (κ2) is 10.1. The van der Waals surface area contributed by atoms with Gasteiger partial charge in [-0.2, -0.15) is 0 Å². The van der Waals surface area contributed by atoms with Crippen LogP contribution < -0.4 is 5.32 Å². The number of furan rings is 1. The Kier molecular flexibility index (Phi) is 5.80. The van der Waals surface area contributed by atoms with E-state index in [-0.39, 0.29) is 11.8 Å². The number of allylic oxidation sites excluding steroid dienone is 5. The average Bonchev–Trinajstić information content (AvgIpc) is 3.49. The first kappa shape index (κ1) is 25.2. The highest BCUT2D eigenvalue weighted by Crippen LogP contribution is 2.56. The lowest BCUT2D eigenvalue weighted by molar-refractivity contribution is 0.491. The van der Waals surface area contributed by atoms with Crippen LogP contribution in [0.3, 0.4) is 0 Å². The Labute approximate surface area is 257 Å². The number of rotatable bonds is 4. The number of para-hydroxylation sites is 1. The summed E-state index contributed by atoms with van der Waals surface area (Å²) in [6.07, 6.45) is 9.32. The van der Waals surface area contributed by atoms with E-state index in [2.05, 4.69) is 151 Å². The number of anilines is 1. The second-order valence-electron chi connectivity index (χ2n) is 12.0. The third-order valence-electron chi connectivity index (χ3n) is 9.56. The van der Waals surface area contributed by atoms with Gasteiger partial charge in [0.15, 0.2) is 0 Å². The van der Waals surface area contributed by atoms with Gasteiger partial charge in [0.05, 0.1) is 5.92 Å². The van der Waals surface area contributed by atoms with Crippen molar-refractivity contribution in [1.29, 1.82) is 0 Å². The molecule has 0 saturated carbocycles. The number of hydrogen-bond donors (Lipinski definition) is 1. The lowest BCUT2D eigenvalue weighted by Gasteiger charge is -2.38. The molecule has 44 heavy (non-hydrogen) atoms. The summed E-state index contributed by atoms with van der Waals surface area (Å²) in [6.45, 7) is 0. The first-order chi connectivity index (χ1) is 21.8. The zero-order chi connectivity index (χ0) is 29.0. The Morgan fingerprint density at radius 3 is 2.09 bits per heavy atom. The maximum absolute atomic E-state index is 6.76. The zero-order valence-electron chi connectivity index (χ0n) is 24.3. The highest BCUT2D eigenvalue weighted by atomic mass is 16.3. The summed E-state index contributed by atoms with van der Waals surface area (Å²) in [5.74, 6) is 1.45. The van der Waals surface area contributed by atoms with Gasteiger partial charge in [-0.15, -0.1) is 0 Å². The fraction of sp³-hybridized carbons (Fsp3) is 0.0952.